The van der Waals surface area contributed by atoms with Crippen molar-refractivity contribution in [1.82, 2.24) is 4.98 Å². The van der Waals surface area contributed by atoms with Crippen LogP contribution in [0.15, 0.2) is 41.0 Å². The summed E-state index contributed by atoms with van der Waals surface area (Å²) in [6, 6.07) is 8.74. The number of rotatable bonds is 3. The number of amides is 2. The van der Waals surface area contributed by atoms with Gasteiger partial charge < -0.3 is 15.6 Å². The Hall–Kier alpha value is -2.08. The molecule has 1 aromatic carbocycles. The van der Waals surface area contributed by atoms with Crippen LogP contribution in [-0.4, -0.2) is 16.8 Å². The second-order valence-corrected chi connectivity index (χ2v) is 6.89. The molecule has 0 aliphatic carbocycles. The lowest BCUT2D eigenvalue weighted by molar-refractivity contribution is -0.123. The van der Waals surface area contributed by atoms with Crippen molar-refractivity contribution in [3.63, 3.8) is 0 Å². The van der Waals surface area contributed by atoms with Gasteiger partial charge in [-0.2, -0.15) is 0 Å². The molecule has 2 aromatic rings. The summed E-state index contributed by atoms with van der Waals surface area (Å²) in [5.74, 6) is -0.325. The van der Waals surface area contributed by atoms with Crippen molar-refractivity contribution in [2.24, 2.45) is 5.41 Å². The fourth-order valence-electron chi connectivity index (χ4n) is 1.69. The molecular formula is C16H18BrN3O2. The number of carbonyl (C=O) groups excluding carboxylic acids is 2. The molecule has 1 aromatic heterocycles. The van der Waals surface area contributed by atoms with E-state index in [-0.39, 0.29) is 11.8 Å². The molecule has 6 heteroatoms. The van der Waals surface area contributed by atoms with E-state index in [0.29, 0.717) is 17.1 Å². The molecule has 0 radical (unpaired) electrons. The Morgan fingerprint density at radius 1 is 1.09 bits per heavy atom. The van der Waals surface area contributed by atoms with Gasteiger partial charge in [0.15, 0.2) is 0 Å². The first kappa shape index (κ1) is 16.3. The maximum absolute atomic E-state index is 12.1. The molecule has 0 atom stereocenters. The number of hydrogen-bond acceptors (Lipinski definition) is 2. The summed E-state index contributed by atoms with van der Waals surface area (Å²) in [5.41, 5.74) is 1.24. The van der Waals surface area contributed by atoms with Crippen molar-refractivity contribution in [3.05, 3.63) is 46.7 Å². The van der Waals surface area contributed by atoms with Crippen LogP contribution in [0.4, 0.5) is 11.4 Å². The molecule has 116 valence electrons. The lowest BCUT2D eigenvalue weighted by Gasteiger charge is -2.18. The predicted molar refractivity (Wildman–Crippen MR) is 91.0 cm³/mol. The quantitative estimate of drug-likeness (QED) is 0.770. The van der Waals surface area contributed by atoms with Crippen LogP contribution in [0.5, 0.6) is 0 Å². The zero-order valence-corrected chi connectivity index (χ0v) is 14.2. The Morgan fingerprint density at radius 2 is 1.73 bits per heavy atom. The van der Waals surface area contributed by atoms with Gasteiger partial charge in [0.05, 0.1) is 0 Å². The van der Waals surface area contributed by atoms with E-state index in [1.807, 2.05) is 20.8 Å². The normalized spacial score (nSPS) is 11.1. The van der Waals surface area contributed by atoms with Gasteiger partial charge in [0, 0.05) is 27.5 Å². The SMILES string of the molecule is CC(C)(C)C(=O)Nc1cccc(NC(=O)c2cc(Br)c[nH]2)c1. The van der Waals surface area contributed by atoms with Gasteiger partial charge in [-0.05, 0) is 40.2 Å². The Bertz CT molecular complexity index is 701. The molecule has 3 N–H and O–H groups in total. The second kappa shape index (κ2) is 6.36. The highest BCUT2D eigenvalue weighted by Crippen LogP contribution is 2.20. The molecule has 0 saturated heterocycles. The first-order valence-electron chi connectivity index (χ1n) is 6.82. The van der Waals surface area contributed by atoms with Gasteiger partial charge in [0.2, 0.25) is 5.91 Å². The second-order valence-electron chi connectivity index (χ2n) is 5.97. The minimum absolute atomic E-state index is 0.0794. The summed E-state index contributed by atoms with van der Waals surface area (Å²) in [7, 11) is 0. The van der Waals surface area contributed by atoms with Crippen LogP contribution >= 0.6 is 15.9 Å². The van der Waals surface area contributed by atoms with Crippen LogP contribution < -0.4 is 10.6 Å². The van der Waals surface area contributed by atoms with Crippen molar-refractivity contribution in [1.29, 1.82) is 0 Å². The first-order chi connectivity index (χ1) is 10.3. The Balaban J connectivity index is 2.08. The average molecular weight is 364 g/mol. The smallest absolute Gasteiger partial charge is 0.272 e. The highest BCUT2D eigenvalue weighted by molar-refractivity contribution is 9.10. The maximum Gasteiger partial charge on any atom is 0.272 e. The highest BCUT2D eigenvalue weighted by Gasteiger charge is 2.21. The molecule has 0 unspecified atom stereocenters. The fraction of sp³-hybridized carbons (Fsp3) is 0.250. The summed E-state index contributed by atoms with van der Waals surface area (Å²) < 4.78 is 0.809. The third-order valence-corrected chi connectivity index (χ3v) is 3.41. The largest absolute Gasteiger partial charge is 0.356 e. The maximum atomic E-state index is 12.1. The molecule has 5 nitrogen and oxygen atoms in total. The molecule has 0 fully saturated rings. The van der Waals surface area contributed by atoms with Gasteiger partial charge in [0.1, 0.15) is 5.69 Å². The molecular weight excluding hydrogens is 346 g/mol. The molecule has 1 heterocycles. The van der Waals surface area contributed by atoms with E-state index >= 15 is 0 Å². The van der Waals surface area contributed by atoms with E-state index in [1.165, 1.54) is 0 Å². The van der Waals surface area contributed by atoms with Crippen molar-refractivity contribution < 1.29 is 9.59 Å². The molecule has 2 amide bonds. The monoisotopic (exact) mass is 363 g/mol. The summed E-state index contributed by atoms with van der Waals surface area (Å²) in [6.07, 6.45) is 1.69. The van der Waals surface area contributed by atoms with Crippen LogP contribution in [0.25, 0.3) is 0 Å². The number of aromatic amines is 1. The number of halogens is 1. The molecule has 2 rings (SSSR count). The standard InChI is InChI=1S/C16H18BrN3O2/c1-16(2,3)15(22)20-12-6-4-5-11(8-12)19-14(21)13-7-10(17)9-18-13/h4-9,18H,1-3H3,(H,19,21)(H,20,22). The van der Waals surface area contributed by atoms with Gasteiger partial charge in [-0.3, -0.25) is 9.59 Å². The molecule has 0 spiro atoms. The minimum Gasteiger partial charge on any atom is -0.356 e. The van der Waals surface area contributed by atoms with Gasteiger partial charge in [-0.1, -0.05) is 26.8 Å². The molecule has 0 saturated carbocycles. The van der Waals surface area contributed by atoms with Gasteiger partial charge >= 0.3 is 0 Å². The number of hydrogen-bond donors (Lipinski definition) is 3. The molecule has 22 heavy (non-hydrogen) atoms. The predicted octanol–water partition coefficient (Wildman–Crippen LogP) is 4.01. The number of aromatic nitrogens is 1. The van der Waals surface area contributed by atoms with Crippen LogP contribution in [0.2, 0.25) is 0 Å². The van der Waals surface area contributed by atoms with E-state index in [9.17, 15) is 9.59 Å². The Morgan fingerprint density at radius 3 is 2.27 bits per heavy atom. The number of H-pyrrole nitrogens is 1. The van der Waals surface area contributed by atoms with Crippen LogP contribution in [0, 0.1) is 5.41 Å². The summed E-state index contributed by atoms with van der Waals surface area (Å²) in [6.45, 7) is 5.53. The summed E-state index contributed by atoms with van der Waals surface area (Å²) in [5, 5.41) is 5.62. The first-order valence-corrected chi connectivity index (χ1v) is 7.62. The fourth-order valence-corrected chi connectivity index (χ4v) is 2.03. The van der Waals surface area contributed by atoms with Crippen LogP contribution in [-0.2, 0) is 4.79 Å². The van der Waals surface area contributed by atoms with Crippen LogP contribution in [0.1, 0.15) is 31.3 Å². The molecule has 0 bridgehead atoms. The van der Waals surface area contributed by atoms with Crippen LogP contribution in [0.3, 0.4) is 0 Å². The van der Waals surface area contributed by atoms with E-state index in [4.69, 9.17) is 0 Å². The Kier molecular flexibility index (Phi) is 4.71. The lowest BCUT2D eigenvalue weighted by atomic mass is 9.95. The average Bonchev–Trinajstić information content (AvgIpc) is 2.85. The Labute approximate surface area is 137 Å². The third-order valence-electron chi connectivity index (χ3n) is 2.95. The van der Waals surface area contributed by atoms with E-state index < -0.39 is 5.41 Å². The zero-order valence-electron chi connectivity index (χ0n) is 12.7. The summed E-state index contributed by atoms with van der Waals surface area (Å²) >= 11 is 3.28. The number of anilines is 2. The van der Waals surface area contributed by atoms with E-state index in [1.54, 1.807) is 36.5 Å². The number of nitrogens with one attached hydrogen (secondary N) is 3. The highest BCUT2D eigenvalue weighted by atomic mass is 79.9. The number of benzene rings is 1. The van der Waals surface area contributed by atoms with Crippen molar-refractivity contribution in [2.75, 3.05) is 10.6 Å². The minimum atomic E-state index is -0.476. The van der Waals surface area contributed by atoms with Crippen molar-refractivity contribution in [2.45, 2.75) is 20.8 Å². The van der Waals surface area contributed by atoms with Gasteiger partial charge in [-0.25, -0.2) is 0 Å². The van der Waals surface area contributed by atoms with E-state index in [2.05, 4.69) is 31.5 Å². The zero-order chi connectivity index (χ0) is 16.3. The topological polar surface area (TPSA) is 74.0 Å². The van der Waals surface area contributed by atoms with Crippen molar-refractivity contribution in [3.8, 4) is 0 Å². The third kappa shape index (κ3) is 4.21. The van der Waals surface area contributed by atoms with Gasteiger partial charge in [0.25, 0.3) is 5.91 Å². The van der Waals surface area contributed by atoms with Gasteiger partial charge in [-0.15, -0.1) is 0 Å². The van der Waals surface area contributed by atoms with Crippen molar-refractivity contribution >= 4 is 39.1 Å². The number of carbonyl (C=O) groups is 2. The summed E-state index contributed by atoms with van der Waals surface area (Å²) in [4.78, 5) is 26.9. The molecule has 0 aliphatic heterocycles. The molecule has 0 aliphatic rings. The lowest BCUT2D eigenvalue weighted by Crippen LogP contribution is -2.27. The van der Waals surface area contributed by atoms with E-state index in [0.717, 1.165) is 4.47 Å².